The van der Waals surface area contributed by atoms with E-state index >= 15 is 0 Å². The van der Waals surface area contributed by atoms with Gasteiger partial charge in [0.1, 0.15) is 5.76 Å². The van der Waals surface area contributed by atoms with Gasteiger partial charge in [-0.2, -0.15) is 0 Å². The Morgan fingerprint density at radius 1 is 1.29 bits per heavy atom. The van der Waals surface area contributed by atoms with Crippen molar-refractivity contribution in [1.82, 2.24) is 5.32 Å². The summed E-state index contributed by atoms with van der Waals surface area (Å²) in [6.45, 7) is 2.09. The van der Waals surface area contributed by atoms with Crippen LogP contribution in [0.3, 0.4) is 0 Å². The molecule has 0 radical (unpaired) electrons. The first-order chi connectivity index (χ1) is 6.43. The topological polar surface area (TPSA) is 45.4 Å². The number of halogens is 1. The Bertz CT molecular complexity index is 202. The molecule has 1 aromatic heterocycles. The van der Waals surface area contributed by atoms with Gasteiger partial charge in [-0.15, -0.1) is 12.4 Å². The first kappa shape index (κ1) is 13.5. The normalized spacial score (nSPS) is 9.79. The van der Waals surface area contributed by atoms with Crippen molar-refractivity contribution < 1.29 is 9.52 Å². The molecule has 4 heteroatoms. The molecule has 0 saturated heterocycles. The Balaban J connectivity index is 0.00000169. The molecule has 0 saturated carbocycles. The third kappa shape index (κ3) is 6.02. The van der Waals surface area contributed by atoms with Gasteiger partial charge >= 0.3 is 0 Å². The van der Waals surface area contributed by atoms with Gasteiger partial charge in [0.2, 0.25) is 0 Å². The Kier molecular flexibility index (Phi) is 8.73. The molecular weight excluding hydrogens is 202 g/mol. The van der Waals surface area contributed by atoms with Gasteiger partial charge < -0.3 is 14.8 Å². The monoisotopic (exact) mass is 219 g/mol. The third-order valence-electron chi connectivity index (χ3n) is 1.89. The van der Waals surface area contributed by atoms with Gasteiger partial charge in [-0.1, -0.05) is 0 Å². The molecule has 0 fully saturated rings. The number of hydrogen-bond donors (Lipinski definition) is 2. The average molecular weight is 220 g/mol. The summed E-state index contributed by atoms with van der Waals surface area (Å²) in [6, 6.07) is 3.85. The van der Waals surface area contributed by atoms with Crippen LogP contribution >= 0.6 is 12.4 Å². The molecule has 3 nitrogen and oxygen atoms in total. The van der Waals surface area contributed by atoms with Crippen LogP contribution in [0.4, 0.5) is 0 Å². The fourth-order valence-electron chi connectivity index (χ4n) is 1.16. The van der Waals surface area contributed by atoms with E-state index < -0.39 is 0 Å². The molecule has 0 aliphatic rings. The number of nitrogens with one attached hydrogen (secondary N) is 1. The van der Waals surface area contributed by atoms with E-state index in [-0.39, 0.29) is 12.4 Å². The van der Waals surface area contributed by atoms with E-state index in [4.69, 9.17) is 9.52 Å². The molecule has 1 aromatic rings. The summed E-state index contributed by atoms with van der Waals surface area (Å²) in [4.78, 5) is 0. The van der Waals surface area contributed by atoms with Crippen molar-refractivity contribution in [3.8, 4) is 0 Å². The van der Waals surface area contributed by atoms with E-state index in [0.717, 1.165) is 38.1 Å². The van der Waals surface area contributed by atoms with Gasteiger partial charge in [-0.3, -0.25) is 0 Å². The number of hydrogen-bond acceptors (Lipinski definition) is 3. The first-order valence-electron chi connectivity index (χ1n) is 4.77. The van der Waals surface area contributed by atoms with Crippen LogP contribution < -0.4 is 5.32 Å². The highest BCUT2D eigenvalue weighted by Crippen LogP contribution is 1.99. The molecule has 82 valence electrons. The smallest absolute Gasteiger partial charge is 0.117 e. The number of rotatable bonds is 7. The molecule has 0 unspecified atom stereocenters. The summed E-state index contributed by atoms with van der Waals surface area (Å²) < 4.78 is 5.16. The second kappa shape index (κ2) is 9.06. The van der Waals surface area contributed by atoms with Crippen LogP contribution in [0, 0.1) is 0 Å². The molecule has 2 N–H and O–H groups in total. The highest BCUT2D eigenvalue weighted by Gasteiger charge is 1.93. The second-order valence-electron chi connectivity index (χ2n) is 3.04. The van der Waals surface area contributed by atoms with E-state index in [0.29, 0.717) is 6.61 Å². The van der Waals surface area contributed by atoms with Crippen molar-refractivity contribution in [1.29, 1.82) is 0 Å². The number of unbranched alkanes of at least 4 members (excludes halogenated alkanes) is 2. The van der Waals surface area contributed by atoms with E-state index in [1.807, 2.05) is 12.1 Å². The first-order valence-corrected chi connectivity index (χ1v) is 4.77. The molecule has 0 aliphatic heterocycles. The Labute approximate surface area is 90.9 Å². The minimum Gasteiger partial charge on any atom is -0.468 e. The second-order valence-corrected chi connectivity index (χ2v) is 3.04. The zero-order chi connectivity index (χ0) is 9.36. The summed E-state index contributed by atoms with van der Waals surface area (Å²) in [5.74, 6) is 0.974. The van der Waals surface area contributed by atoms with Gasteiger partial charge in [-0.05, 0) is 37.9 Å². The fourth-order valence-corrected chi connectivity index (χ4v) is 1.16. The average Bonchev–Trinajstić information content (AvgIpc) is 2.63. The van der Waals surface area contributed by atoms with E-state index in [2.05, 4.69) is 5.32 Å². The van der Waals surface area contributed by atoms with Gasteiger partial charge in [-0.25, -0.2) is 0 Å². The summed E-state index contributed by atoms with van der Waals surface area (Å²) in [6.07, 6.45) is 4.79. The predicted octanol–water partition coefficient (Wildman–Crippen LogP) is 1.95. The molecule has 14 heavy (non-hydrogen) atoms. The minimum atomic E-state index is 0. The van der Waals surface area contributed by atoms with Crippen molar-refractivity contribution in [2.75, 3.05) is 13.2 Å². The lowest BCUT2D eigenvalue weighted by atomic mass is 10.2. The van der Waals surface area contributed by atoms with Crippen molar-refractivity contribution in [2.24, 2.45) is 0 Å². The maximum Gasteiger partial charge on any atom is 0.117 e. The predicted molar refractivity (Wildman–Crippen MR) is 58.6 cm³/mol. The quantitative estimate of drug-likeness (QED) is 0.690. The number of aliphatic hydroxyl groups excluding tert-OH is 1. The molecule has 0 spiro atoms. The maximum atomic E-state index is 8.54. The van der Waals surface area contributed by atoms with Crippen LogP contribution in [0.25, 0.3) is 0 Å². The summed E-state index contributed by atoms with van der Waals surface area (Å²) in [5.41, 5.74) is 0. The molecule has 0 bridgehead atoms. The van der Waals surface area contributed by atoms with Crippen molar-refractivity contribution in [3.63, 3.8) is 0 Å². The van der Waals surface area contributed by atoms with Crippen LogP contribution in [-0.2, 0) is 6.54 Å². The minimum absolute atomic E-state index is 0. The fraction of sp³-hybridized carbons (Fsp3) is 0.600. The lowest BCUT2D eigenvalue weighted by Crippen LogP contribution is -2.14. The highest BCUT2D eigenvalue weighted by atomic mass is 35.5. The lowest BCUT2D eigenvalue weighted by Gasteiger charge is -2.01. The Hall–Kier alpha value is -0.510. The van der Waals surface area contributed by atoms with Crippen molar-refractivity contribution in [2.45, 2.75) is 25.8 Å². The van der Waals surface area contributed by atoms with Crippen LogP contribution in [0.2, 0.25) is 0 Å². The number of aliphatic hydroxyl groups is 1. The Morgan fingerprint density at radius 2 is 2.14 bits per heavy atom. The van der Waals surface area contributed by atoms with Crippen molar-refractivity contribution in [3.05, 3.63) is 24.2 Å². The zero-order valence-electron chi connectivity index (χ0n) is 8.24. The van der Waals surface area contributed by atoms with Crippen LogP contribution in [0.5, 0.6) is 0 Å². The lowest BCUT2D eigenvalue weighted by molar-refractivity contribution is 0.282. The summed E-state index contributed by atoms with van der Waals surface area (Å²) >= 11 is 0. The maximum absolute atomic E-state index is 8.54. The molecule has 1 rings (SSSR count). The van der Waals surface area contributed by atoms with E-state index in [1.54, 1.807) is 6.26 Å². The van der Waals surface area contributed by atoms with E-state index in [9.17, 15) is 0 Å². The van der Waals surface area contributed by atoms with E-state index in [1.165, 1.54) is 0 Å². The standard InChI is InChI=1S/C10H17NO2.ClH/c12-7-3-1-2-6-11-9-10-5-4-8-13-10;/h4-5,8,11-12H,1-3,6-7,9H2;1H. The van der Waals surface area contributed by atoms with Gasteiger partial charge in [0.15, 0.2) is 0 Å². The van der Waals surface area contributed by atoms with Gasteiger partial charge in [0.05, 0.1) is 12.8 Å². The number of furan rings is 1. The molecular formula is C10H18ClNO2. The van der Waals surface area contributed by atoms with Crippen LogP contribution in [0.15, 0.2) is 22.8 Å². The summed E-state index contributed by atoms with van der Waals surface area (Å²) in [7, 11) is 0. The zero-order valence-corrected chi connectivity index (χ0v) is 9.05. The largest absolute Gasteiger partial charge is 0.468 e. The summed E-state index contributed by atoms with van der Waals surface area (Å²) in [5, 5.41) is 11.8. The van der Waals surface area contributed by atoms with Crippen molar-refractivity contribution >= 4 is 12.4 Å². The molecule has 0 aliphatic carbocycles. The van der Waals surface area contributed by atoms with Crippen LogP contribution in [0.1, 0.15) is 25.0 Å². The van der Waals surface area contributed by atoms with Gasteiger partial charge in [0.25, 0.3) is 0 Å². The molecule has 0 aromatic carbocycles. The third-order valence-corrected chi connectivity index (χ3v) is 1.89. The highest BCUT2D eigenvalue weighted by molar-refractivity contribution is 5.85. The molecule has 1 heterocycles. The molecule has 0 amide bonds. The van der Waals surface area contributed by atoms with Crippen LogP contribution in [-0.4, -0.2) is 18.3 Å². The SMILES string of the molecule is Cl.OCCCCCNCc1ccco1. The van der Waals surface area contributed by atoms with Gasteiger partial charge in [0, 0.05) is 6.61 Å². The molecule has 0 atom stereocenters. The Morgan fingerprint density at radius 3 is 2.79 bits per heavy atom.